The molecule has 21 nitrogen and oxygen atoms in total. The molecule has 576 valence electrons. The third kappa shape index (κ3) is 20.5. The third-order valence-electron chi connectivity index (χ3n) is 21.3. The van der Waals surface area contributed by atoms with E-state index in [0.29, 0.717) is 56.4 Å². The molecule has 0 saturated carbocycles. The van der Waals surface area contributed by atoms with Gasteiger partial charge in [-0.25, -0.2) is 4.79 Å². The summed E-state index contributed by atoms with van der Waals surface area (Å²) in [4.78, 5) is 104. The molecule has 6 aliphatic heterocycles. The van der Waals surface area contributed by atoms with Crippen LogP contribution in [0.25, 0.3) is 5.57 Å². The molecular weight excluding hydrogens is 1400 g/mol. The lowest BCUT2D eigenvalue weighted by atomic mass is 9.71. The number of para-hydroxylation sites is 6. The Morgan fingerprint density at radius 2 is 0.972 bits per heavy atom. The van der Waals surface area contributed by atoms with Gasteiger partial charge >= 0.3 is 6.09 Å². The Bertz CT molecular complexity index is 4290. The normalized spacial score (nSPS) is 18.2. The van der Waals surface area contributed by atoms with E-state index in [1.807, 2.05) is 201 Å². The second-order valence-corrected chi connectivity index (χ2v) is 30.4. The molecule has 0 spiro atoms. The van der Waals surface area contributed by atoms with E-state index >= 15 is 0 Å². The first-order valence-corrected chi connectivity index (χ1v) is 38.7. The van der Waals surface area contributed by atoms with Crippen LogP contribution in [0.4, 0.5) is 21.9 Å². The average Bonchev–Trinajstić information content (AvgIpc) is 0.781. The first-order valence-electron chi connectivity index (χ1n) is 38.3. The van der Waals surface area contributed by atoms with Crippen LogP contribution < -0.4 is 44.9 Å². The molecule has 6 heterocycles. The fourth-order valence-corrected chi connectivity index (χ4v) is 15.7. The van der Waals surface area contributed by atoms with Crippen molar-refractivity contribution in [3.05, 3.63) is 221 Å². The minimum atomic E-state index is -0.548. The number of carbonyl (C=O) groups excluding carboxylic acids is 7. The van der Waals surface area contributed by atoms with Gasteiger partial charge in [0.05, 0.1) is 27.9 Å². The average molecular weight is 1500 g/mol. The Kier molecular flexibility index (Phi) is 27.4. The lowest BCUT2D eigenvalue weighted by Gasteiger charge is -2.43. The Hall–Kier alpha value is -10.1. The number of piperidine rings is 2. The van der Waals surface area contributed by atoms with Crippen molar-refractivity contribution in [2.75, 3.05) is 127 Å². The van der Waals surface area contributed by atoms with Crippen LogP contribution in [0.1, 0.15) is 119 Å². The van der Waals surface area contributed by atoms with Gasteiger partial charge in [0.1, 0.15) is 22.8 Å². The van der Waals surface area contributed by atoms with Gasteiger partial charge < -0.3 is 64.3 Å². The van der Waals surface area contributed by atoms with E-state index < -0.39 is 22.5 Å². The molecule has 0 radical (unpaired) electrons. The Morgan fingerprint density at radius 3 is 1.45 bits per heavy atom. The van der Waals surface area contributed by atoms with Crippen LogP contribution >= 0.6 is 11.6 Å². The van der Waals surface area contributed by atoms with Gasteiger partial charge in [-0.1, -0.05) is 151 Å². The highest BCUT2D eigenvalue weighted by molar-refractivity contribution is 6.31. The first-order chi connectivity index (χ1) is 52.6. The molecule has 0 aromatic heterocycles. The van der Waals surface area contributed by atoms with Crippen molar-refractivity contribution < 1.29 is 52.5 Å². The van der Waals surface area contributed by atoms with Gasteiger partial charge in [-0.15, -0.1) is 0 Å². The SMILES string of the molecule is CC1C=C(c2ccc(Cl)cc2C(=O)NCCCCCNC(=O)OC(C)(C)C)CC(C)N1CCN1C(=O)COc2ccccc21.CN(C)C(=O)C1(c2ccccc2)CCN(CCN2C(=O)COc3ccccc32)CC1.O=C1COc2ccccc2N1CCN1CCC(C(=O)NCc2ccccc2)(c2ccccc2)CC1. The van der Waals surface area contributed by atoms with E-state index in [2.05, 4.69) is 74.8 Å². The van der Waals surface area contributed by atoms with Gasteiger partial charge in [0.25, 0.3) is 23.6 Å². The smallest absolute Gasteiger partial charge is 0.407 e. The highest BCUT2D eigenvalue weighted by Gasteiger charge is 2.45. The summed E-state index contributed by atoms with van der Waals surface area (Å²) < 4.78 is 21.9. The van der Waals surface area contributed by atoms with Crippen molar-refractivity contribution in [1.82, 2.24) is 35.6 Å². The van der Waals surface area contributed by atoms with Crippen molar-refractivity contribution in [3.8, 4) is 17.2 Å². The zero-order chi connectivity index (χ0) is 77.1. The van der Waals surface area contributed by atoms with E-state index in [9.17, 15) is 33.6 Å². The fourth-order valence-electron chi connectivity index (χ4n) is 15.5. The molecule has 2 fully saturated rings. The molecule has 22 heteroatoms. The van der Waals surface area contributed by atoms with Crippen molar-refractivity contribution >= 4 is 75.8 Å². The highest BCUT2D eigenvalue weighted by atomic mass is 35.5. The number of carbonyl (C=O) groups is 7. The quantitative estimate of drug-likeness (QED) is 0.0508. The summed E-state index contributed by atoms with van der Waals surface area (Å²) in [6, 6.07) is 59.1. The second-order valence-electron chi connectivity index (χ2n) is 30.0. The summed E-state index contributed by atoms with van der Waals surface area (Å²) in [5.74, 6) is 2.30. The Balaban J connectivity index is 0.000000165. The molecule has 109 heavy (non-hydrogen) atoms. The van der Waals surface area contributed by atoms with Gasteiger partial charge in [0.2, 0.25) is 11.8 Å². The molecule has 13 rings (SSSR count). The molecule has 0 aliphatic carbocycles. The van der Waals surface area contributed by atoms with Gasteiger partial charge in [-0.2, -0.15) is 0 Å². The number of ether oxygens (including phenoxy) is 4. The van der Waals surface area contributed by atoms with E-state index in [1.165, 1.54) is 0 Å². The number of hydrogen-bond acceptors (Lipinski definition) is 14. The number of nitrogens with zero attached hydrogens (tertiary/aromatic N) is 7. The fraction of sp³-hybridized carbons (Fsp3) is 0.414. The van der Waals surface area contributed by atoms with Crippen molar-refractivity contribution in [2.24, 2.45) is 0 Å². The number of alkyl carbamates (subject to hydrolysis) is 1. The molecule has 3 N–H and O–H groups in total. The van der Waals surface area contributed by atoms with E-state index in [-0.39, 0.29) is 67.3 Å². The van der Waals surface area contributed by atoms with E-state index in [1.54, 1.807) is 11.0 Å². The molecule has 2 saturated heterocycles. The van der Waals surface area contributed by atoms with E-state index in [0.717, 1.165) is 153 Å². The number of likely N-dealkylation sites (tertiary alicyclic amines) is 2. The predicted octanol–water partition coefficient (Wildman–Crippen LogP) is 12.4. The maximum atomic E-state index is 13.6. The number of halogens is 1. The maximum absolute atomic E-state index is 13.6. The largest absolute Gasteiger partial charge is 0.482 e. The van der Waals surface area contributed by atoms with Crippen LogP contribution in [0.2, 0.25) is 5.02 Å². The highest BCUT2D eigenvalue weighted by Crippen LogP contribution is 2.41. The lowest BCUT2D eigenvalue weighted by molar-refractivity contribution is -0.137. The van der Waals surface area contributed by atoms with Crippen LogP contribution in [-0.4, -0.2) is 191 Å². The predicted molar refractivity (Wildman–Crippen MR) is 428 cm³/mol. The van der Waals surface area contributed by atoms with Gasteiger partial charge in [0, 0.05) is 95.7 Å². The van der Waals surface area contributed by atoms with Crippen molar-refractivity contribution in [2.45, 2.75) is 121 Å². The molecule has 0 bridgehead atoms. The van der Waals surface area contributed by atoms with Crippen LogP contribution in [0.15, 0.2) is 188 Å². The summed E-state index contributed by atoms with van der Waals surface area (Å²) in [5, 5.41) is 9.52. The lowest BCUT2D eigenvalue weighted by Crippen LogP contribution is -2.53. The summed E-state index contributed by atoms with van der Waals surface area (Å²) in [6.07, 6.45) is 8.05. The third-order valence-corrected chi connectivity index (χ3v) is 21.6. The Labute approximate surface area is 646 Å². The number of benzene rings is 7. The molecule has 2 atom stereocenters. The summed E-state index contributed by atoms with van der Waals surface area (Å²) in [6.45, 7) is 18.9. The monoisotopic (exact) mass is 1500 g/mol. The summed E-state index contributed by atoms with van der Waals surface area (Å²) >= 11 is 6.33. The van der Waals surface area contributed by atoms with Crippen LogP contribution in [0, 0.1) is 0 Å². The van der Waals surface area contributed by atoms with Gasteiger partial charge in [0.15, 0.2) is 19.8 Å². The number of likely N-dealkylation sites (N-methyl/N-ethyl adjacent to an activating group) is 1. The maximum Gasteiger partial charge on any atom is 0.407 e. The number of fused-ring (bicyclic) bond motifs is 3. The van der Waals surface area contributed by atoms with Gasteiger partial charge in [-0.05, 0) is 189 Å². The minimum absolute atomic E-state index is 0.00729. The minimum Gasteiger partial charge on any atom is -0.482 e. The Morgan fingerprint density at radius 1 is 0.532 bits per heavy atom. The van der Waals surface area contributed by atoms with Crippen LogP contribution in [0.3, 0.4) is 0 Å². The van der Waals surface area contributed by atoms with Crippen molar-refractivity contribution in [1.29, 1.82) is 0 Å². The number of hydrogen-bond donors (Lipinski definition) is 3. The number of rotatable bonds is 23. The standard InChI is InChI=1S/C34H45ClN4O5.C29H31N3O3.C24H29N3O3/c1-23-19-25(20-24(2)38(23)17-18-39-29-11-7-8-12-30(29)43-22-31(39)40)27-14-13-26(35)21-28(27)32(41)36-15-9-6-10-16-37-33(42)44-34(3,4)5;33-27-22-35-26-14-8-7-13-25(26)32(27)20-19-31-17-15-29(16-18-31,24-11-5-2-6-12-24)28(34)30-21-23-9-3-1-4-10-23;1-25(2)23(29)24(19-8-4-3-5-9-19)12-14-26(15-13-24)16-17-27-20-10-6-7-11-21(20)30-18-22(27)28/h7-8,11-14,19,21,23-24H,6,9-10,15-18,20,22H2,1-5H3,(H,36,41)(H,37,42);1-14H,15-22H2,(H,30,34);3-11H,12-18H2,1-2H3. The van der Waals surface area contributed by atoms with Gasteiger partial charge in [-0.3, -0.25) is 33.7 Å². The summed E-state index contributed by atoms with van der Waals surface area (Å²) in [7, 11) is 3.67. The molecule has 7 aromatic carbocycles. The number of nitrogens with one attached hydrogen (secondary N) is 3. The molecular formula is C87H105ClN10O11. The van der Waals surface area contributed by atoms with Crippen molar-refractivity contribution in [3.63, 3.8) is 0 Å². The molecule has 7 amide bonds. The topological polar surface area (TPSA) is 215 Å². The zero-order valence-electron chi connectivity index (χ0n) is 64.0. The zero-order valence-corrected chi connectivity index (χ0v) is 64.8. The number of amides is 7. The number of anilines is 3. The number of unbranched alkanes of at least 4 members (excludes halogenated alkanes) is 2. The molecule has 2 unspecified atom stereocenters. The molecule has 7 aromatic rings. The van der Waals surface area contributed by atoms with E-state index in [4.69, 9.17) is 30.5 Å². The second kappa shape index (κ2) is 37.4. The van der Waals surface area contributed by atoms with Crippen LogP contribution in [-0.2, 0) is 46.1 Å². The molecule has 6 aliphatic rings. The summed E-state index contributed by atoms with van der Waals surface area (Å²) in [5.41, 5.74) is 6.79. The van der Waals surface area contributed by atoms with Crippen LogP contribution in [0.5, 0.6) is 17.2 Å². The first kappa shape index (κ1) is 80.0.